The third-order valence-electron chi connectivity index (χ3n) is 3.78. The van der Waals surface area contributed by atoms with E-state index in [2.05, 4.69) is 15.6 Å². The van der Waals surface area contributed by atoms with E-state index >= 15 is 0 Å². The molecule has 0 aliphatic heterocycles. The molecule has 1 amide bonds. The average molecular weight is 357 g/mol. The fraction of sp³-hybridized carbons (Fsp3) is 0.333. The quantitative estimate of drug-likeness (QED) is 0.568. The lowest BCUT2D eigenvalue weighted by Crippen LogP contribution is -2.25. The summed E-state index contributed by atoms with van der Waals surface area (Å²) in [6.45, 7) is 5.51. The SMILES string of the molecule is COc1ccc(/C(C)=N\NC(=O)Cn2nc(C)cc2C)cc1CC(=O)[O-]. The predicted molar refractivity (Wildman–Crippen MR) is 93.8 cm³/mol. The van der Waals surface area contributed by atoms with Crippen LogP contribution in [0.2, 0.25) is 0 Å². The summed E-state index contributed by atoms with van der Waals surface area (Å²) in [5, 5.41) is 19.2. The lowest BCUT2D eigenvalue weighted by molar-refractivity contribution is -0.304. The smallest absolute Gasteiger partial charge is 0.261 e. The summed E-state index contributed by atoms with van der Waals surface area (Å²) in [5.74, 6) is -1.05. The minimum atomic E-state index is -1.20. The molecule has 8 heteroatoms. The molecule has 1 aromatic carbocycles. The Morgan fingerprint density at radius 1 is 1.31 bits per heavy atom. The fourth-order valence-electron chi connectivity index (χ4n) is 2.51. The highest BCUT2D eigenvalue weighted by Crippen LogP contribution is 2.20. The Labute approximate surface area is 151 Å². The van der Waals surface area contributed by atoms with E-state index in [-0.39, 0.29) is 18.9 Å². The largest absolute Gasteiger partial charge is 0.550 e. The number of hydrogen-bond acceptors (Lipinski definition) is 6. The lowest BCUT2D eigenvalue weighted by atomic mass is 10.0. The first-order valence-corrected chi connectivity index (χ1v) is 8.01. The van der Waals surface area contributed by atoms with Crippen molar-refractivity contribution in [3.05, 3.63) is 46.8 Å². The summed E-state index contributed by atoms with van der Waals surface area (Å²) < 4.78 is 6.75. The van der Waals surface area contributed by atoms with Crippen molar-refractivity contribution < 1.29 is 19.4 Å². The number of aliphatic carboxylic acids is 1. The van der Waals surface area contributed by atoms with Gasteiger partial charge in [0.05, 0.1) is 18.5 Å². The van der Waals surface area contributed by atoms with Gasteiger partial charge in [-0.15, -0.1) is 0 Å². The van der Waals surface area contributed by atoms with E-state index in [4.69, 9.17) is 4.74 Å². The zero-order valence-corrected chi connectivity index (χ0v) is 15.2. The van der Waals surface area contributed by atoms with Crippen molar-refractivity contribution in [3.8, 4) is 5.75 Å². The Kier molecular flexibility index (Phi) is 6.11. The third-order valence-corrected chi connectivity index (χ3v) is 3.78. The van der Waals surface area contributed by atoms with Gasteiger partial charge in [-0.05, 0) is 50.6 Å². The van der Waals surface area contributed by atoms with Gasteiger partial charge in [-0.2, -0.15) is 10.2 Å². The molecule has 1 heterocycles. The number of amides is 1. The van der Waals surface area contributed by atoms with Crippen molar-refractivity contribution in [2.24, 2.45) is 5.10 Å². The average Bonchev–Trinajstić information content (AvgIpc) is 2.89. The van der Waals surface area contributed by atoms with Crippen LogP contribution >= 0.6 is 0 Å². The van der Waals surface area contributed by atoms with Gasteiger partial charge in [0, 0.05) is 23.6 Å². The molecule has 0 saturated heterocycles. The van der Waals surface area contributed by atoms with Crippen molar-refractivity contribution in [2.75, 3.05) is 7.11 Å². The molecule has 0 fully saturated rings. The van der Waals surface area contributed by atoms with Gasteiger partial charge in [0.15, 0.2) is 0 Å². The number of ether oxygens (including phenoxy) is 1. The molecule has 0 aliphatic rings. The standard InChI is InChI=1S/C18H22N4O4/c1-11-7-12(2)22(21-11)10-17(23)20-19-13(3)14-5-6-16(26-4)15(8-14)9-18(24)25/h5-8H,9-10H2,1-4H3,(H,20,23)(H,24,25)/p-1/b19-13-. The second-order valence-corrected chi connectivity index (χ2v) is 5.89. The van der Waals surface area contributed by atoms with Crippen LogP contribution in [-0.2, 0) is 22.6 Å². The molecule has 0 saturated carbocycles. The topological polar surface area (TPSA) is 109 Å². The zero-order valence-electron chi connectivity index (χ0n) is 15.2. The van der Waals surface area contributed by atoms with Crippen LogP contribution in [-0.4, -0.2) is 34.5 Å². The molecule has 0 unspecified atom stereocenters. The number of carbonyl (C=O) groups is 2. The molecule has 1 N–H and O–H groups in total. The van der Waals surface area contributed by atoms with Crippen LogP contribution in [0, 0.1) is 13.8 Å². The Balaban J connectivity index is 2.09. The number of aromatic nitrogens is 2. The number of benzene rings is 1. The lowest BCUT2D eigenvalue weighted by Gasteiger charge is -2.11. The second kappa shape index (κ2) is 8.28. The molecule has 26 heavy (non-hydrogen) atoms. The Hall–Kier alpha value is -3.16. The van der Waals surface area contributed by atoms with Crippen LogP contribution in [0.15, 0.2) is 29.4 Å². The highest BCUT2D eigenvalue weighted by atomic mass is 16.5. The number of nitrogens with zero attached hydrogens (tertiary/aromatic N) is 3. The van der Waals surface area contributed by atoms with Crippen LogP contribution < -0.4 is 15.3 Å². The normalized spacial score (nSPS) is 11.3. The zero-order chi connectivity index (χ0) is 19.3. The maximum Gasteiger partial charge on any atom is 0.261 e. The molecule has 0 atom stereocenters. The first-order chi connectivity index (χ1) is 12.3. The molecule has 8 nitrogen and oxygen atoms in total. The van der Waals surface area contributed by atoms with Gasteiger partial charge in [-0.25, -0.2) is 5.43 Å². The number of hydrazone groups is 1. The predicted octanol–water partition coefficient (Wildman–Crippen LogP) is 0.341. The van der Waals surface area contributed by atoms with Crippen molar-refractivity contribution in [1.82, 2.24) is 15.2 Å². The van der Waals surface area contributed by atoms with Gasteiger partial charge in [-0.3, -0.25) is 9.48 Å². The van der Waals surface area contributed by atoms with Crippen LogP contribution in [0.4, 0.5) is 0 Å². The molecule has 0 aliphatic carbocycles. The van der Waals surface area contributed by atoms with E-state index < -0.39 is 5.97 Å². The van der Waals surface area contributed by atoms with E-state index in [0.717, 1.165) is 11.4 Å². The molecule has 2 rings (SSSR count). The summed E-state index contributed by atoms with van der Waals surface area (Å²) in [5.41, 5.74) is 5.90. The number of aryl methyl sites for hydroxylation is 2. The molecule has 0 spiro atoms. The molecular weight excluding hydrogens is 336 g/mol. The van der Waals surface area contributed by atoms with Crippen LogP contribution in [0.25, 0.3) is 0 Å². The second-order valence-electron chi connectivity index (χ2n) is 5.89. The summed E-state index contributed by atoms with van der Waals surface area (Å²) in [7, 11) is 1.47. The molecule has 138 valence electrons. The van der Waals surface area contributed by atoms with Crippen LogP contribution in [0.1, 0.15) is 29.4 Å². The monoisotopic (exact) mass is 357 g/mol. The molecule has 2 aromatic rings. The van der Waals surface area contributed by atoms with Gasteiger partial charge in [-0.1, -0.05) is 0 Å². The van der Waals surface area contributed by atoms with Gasteiger partial charge < -0.3 is 14.6 Å². The maximum atomic E-state index is 12.0. The minimum absolute atomic E-state index is 0.0645. The Bertz CT molecular complexity index is 855. The number of rotatable bonds is 7. The number of hydrogen-bond donors (Lipinski definition) is 1. The van der Waals surface area contributed by atoms with Gasteiger partial charge in [0.25, 0.3) is 5.91 Å². The van der Waals surface area contributed by atoms with Crippen LogP contribution in [0.3, 0.4) is 0 Å². The number of carbonyl (C=O) groups excluding carboxylic acids is 2. The summed E-state index contributed by atoms with van der Waals surface area (Å²) >= 11 is 0. The molecule has 0 bridgehead atoms. The molecule has 1 aromatic heterocycles. The number of carboxylic acids is 1. The highest BCUT2D eigenvalue weighted by Gasteiger charge is 2.09. The first kappa shape index (κ1) is 19.2. The summed E-state index contributed by atoms with van der Waals surface area (Å²) in [4.78, 5) is 22.9. The fourth-order valence-corrected chi connectivity index (χ4v) is 2.51. The third kappa shape index (κ3) is 4.92. The van der Waals surface area contributed by atoms with Crippen molar-refractivity contribution in [3.63, 3.8) is 0 Å². The van der Waals surface area contributed by atoms with Gasteiger partial charge >= 0.3 is 0 Å². The number of nitrogens with one attached hydrogen (secondary N) is 1. The van der Waals surface area contributed by atoms with Crippen molar-refractivity contribution in [1.29, 1.82) is 0 Å². The Morgan fingerprint density at radius 3 is 2.62 bits per heavy atom. The van der Waals surface area contributed by atoms with E-state index in [9.17, 15) is 14.7 Å². The number of methoxy groups -OCH3 is 1. The summed E-state index contributed by atoms with van der Waals surface area (Å²) in [6, 6.07) is 6.94. The highest BCUT2D eigenvalue weighted by molar-refractivity contribution is 5.99. The minimum Gasteiger partial charge on any atom is -0.550 e. The van der Waals surface area contributed by atoms with E-state index in [1.165, 1.54) is 7.11 Å². The van der Waals surface area contributed by atoms with Crippen LogP contribution in [0.5, 0.6) is 5.75 Å². The molecular formula is C18H21N4O4-. The Morgan fingerprint density at radius 2 is 2.04 bits per heavy atom. The first-order valence-electron chi connectivity index (χ1n) is 8.01. The summed E-state index contributed by atoms with van der Waals surface area (Å²) in [6.07, 6.45) is -0.269. The number of carboxylic acid groups (broad SMARTS) is 1. The maximum absolute atomic E-state index is 12.0. The molecule has 0 radical (unpaired) electrons. The van der Waals surface area contributed by atoms with E-state index in [0.29, 0.717) is 22.6 Å². The van der Waals surface area contributed by atoms with Crippen molar-refractivity contribution in [2.45, 2.75) is 33.7 Å². The van der Waals surface area contributed by atoms with Gasteiger partial charge in [0.1, 0.15) is 12.3 Å². The van der Waals surface area contributed by atoms with Gasteiger partial charge in [0.2, 0.25) is 0 Å². The van der Waals surface area contributed by atoms with E-state index in [1.54, 1.807) is 29.8 Å². The van der Waals surface area contributed by atoms with E-state index in [1.807, 2.05) is 19.9 Å². The van der Waals surface area contributed by atoms with Crippen molar-refractivity contribution >= 4 is 17.6 Å².